The molecule has 1 N–H and O–H groups in total. The Labute approximate surface area is 165 Å². The SMILES string of the molecule is C=NC(=Nc1c(C)[nH]c(=O)n1[C@H](C)c1ccccc1)c1ccccc1C(C)C. The molecule has 1 heterocycles. The minimum atomic E-state index is -0.187. The Morgan fingerprint density at radius 2 is 1.68 bits per heavy atom. The average Bonchev–Trinajstić information content (AvgIpc) is 2.98. The van der Waals surface area contributed by atoms with E-state index in [1.54, 1.807) is 4.57 Å². The predicted molar refractivity (Wildman–Crippen MR) is 116 cm³/mol. The van der Waals surface area contributed by atoms with Crippen LogP contribution in [0.1, 0.15) is 55.1 Å². The van der Waals surface area contributed by atoms with Crippen molar-refractivity contribution in [1.29, 1.82) is 0 Å². The van der Waals surface area contributed by atoms with Gasteiger partial charge in [-0.05, 0) is 37.6 Å². The van der Waals surface area contributed by atoms with Crippen molar-refractivity contribution in [2.24, 2.45) is 9.98 Å². The molecule has 0 bridgehead atoms. The number of aliphatic imine (C=N–C) groups is 2. The van der Waals surface area contributed by atoms with Crippen LogP contribution in [0.4, 0.5) is 5.82 Å². The van der Waals surface area contributed by atoms with E-state index in [-0.39, 0.29) is 11.7 Å². The summed E-state index contributed by atoms with van der Waals surface area (Å²) in [5, 5.41) is 0. The Kier molecular flexibility index (Phi) is 5.73. The van der Waals surface area contributed by atoms with Crippen molar-refractivity contribution in [3.63, 3.8) is 0 Å². The molecule has 0 spiro atoms. The molecule has 0 radical (unpaired) electrons. The number of H-pyrrole nitrogens is 1. The number of aryl methyl sites for hydroxylation is 1. The summed E-state index contributed by atoms with van der Waals surface area (Å²) in [5.74, 6) is 1.41. The first kappa shape index (κ1) is 19.5. The summed E-state index contributed by atoms with van der Waals surface area (Å²) < 4.78 is 1.67. The van der Waals surface area contributed by atoms with Crippen molar-refractivity contribution < 1.29 is 0 Å². The second-order valence-corrected chi connectivity index (χ2v) is 7.17. The van der Waals surface area contributed by atoms with Crippen molar-refractivity contribution in [1.82, 2.24) is 9.55 Å². The molecule has 0 saturated carbocycles. The highest BCUT2D eigenvalue weighted by Gasteiger charge is 2.19. The Bertz CT molecular complexity index is 1060. The van der Waals surface area contributed by atoms with E-state index in [0.29, 0.717) is 23.3 Å². The van der Waals surface area contributed by atoms with Gasteiger partial charge in [-0.3, -0.25) is 4.57 Å². The van der Waals surface area contributed by atoms with Crippen LogP contribution in [0.2, 0.25) is 0 Å². The summed E-state index contributed by atoms with van der Waals surface area (Å²) in [5.41, 5.74) is 3.63. The number of aromatic nitrogens is 2. The molecule has 0 saturated heterocycles. The van der Waals surface area contributed by atoms with E-state index in [9.17, 15) is 4.79 Å². The molecule has 1 aromatic heterocycles. The van der Waals surface area contributed by atoms with Crippen LogP contribution in [0.5, 0.6) is 0 Å². The molecule has 0 aliphatic carbocycles. The number of amidine groups is 1. The fraction of sp³-hybridized carbons (Fsp3) is 0.261. The third-order valence-corrected chi connectivity index (χ3v) is 4.93. The van der Waals surface area contributed by atoms with Gasteiger partial charge in [0.1, 0.15) is 0 Å². The number of hydrogen-bond acceptors (Lipinski definition) is 2. The zero-order valence-corrected chi connectivity index (χ0v) is 16.8. The molecule has 0 fully saturated rings. The van der Waals surface area contributed by atoms with E-state index >= 15 is 0 Å². The van der Waals surface area contributed by atoms with Gasteiger partial charge in [0.2, 0.25) is 0 Å². The molecule has 3 aromatic rings. The normalized spacial score (nSPS) is 13.0. The third-order valence-electron chi connectivity index (χ3n) is 4.93. The topological polar surface area (TPSA) is 62.5 Å². The number of nitrogens with one attached hydrogen (secondary N) is 1. The van der Waals surface area contributed by atoms with Gasteiger partial charge in [0.15, 0.2) is 11.7 Å². The number of benzene rings is 2. The number of nitrogens with zero attached hydrogens (tertiary/aromatic N) is 3. The van der Waals surface area contributed by atoms with Gasteiger partial charge in [-0.1, -0.05) is 68.4 Å². The van der Waals surface area contributed by atoms with Crippen LogP contribution in [0, 0.1) is 6.92 Å². The quantitative estimate of drug-likeness (QED) is 0.496. The van der Waals surface area contributed by atoms with E-state index in [2.05, 4.69) is 36.6 Å². The van der Waals surface area contributed by atoms with Crippen LogP contribution < -0.4 is 5.69 Å². The van der Waals surface area contributed by atoms with Crippen molar-refractivity contribution in [3.8, 4) is 0 Å². The Morgan fingerprint density at radius 3 is 2.32 bits per heavy atom. The van der Waals surface area contributed by atoms with Crippen molar-refractivity contribution in [2.45, 2.75) is 39.7 Å². The number of rotatable bonds is 5. The van der Waals surface area contributed by atoms with Gasteiger partial charge in [0, 0.05) is 5.56 Å². The summed E-state index contributed by atoms with van der Waals surface area (Å²) in [7, 11) is 0. The minimum Gasteiger partial charge on any atom is -0.308 e. The zero-order valence-electron chi connectivity index (χ0n) is 16.8. The van der Waals surface area contributed by atoms with E-state index in [0.717, 1.165) is 16.7 Å². The highest BCUT2D eigenvalue weighted by molar-refractivity contribution is 6.04. The lowest BCUT2D eigenvalue weighted by atomic mass is 9.96. The van der Waals surface area contributed by atoms with Crippen molar-refractivity contribution >= 4 is 18.4 Å². The largest absolute Gasteiger partial charge is 0.327 e. The summed E-state index contributed by atoms with van der Waals surface area (Å²) in [6.07, 6.45) is 0. The molecule has 0 aliphatic rings. The van der Waals surface area contributed by atoms with Crippen molar-refractivity contribution in [3.05, 3.63) is 87.5 Å². The van der Waals surface area contributed by atoms with Gasteiger partial charge in [-0.25, -0.2) is 14.8 Å². The minimum absolute atomic E-state index is 0.163. The van der Waals surface area contributed by atoms with E-state index in [1.807, 2.05) is 62.4 Å². The van der Waals surface area contributed by atoms with E-state index in [4.69, 9.17) is 4.99 Å². The Balaban J connectivity index is 2.17. The van der Waals surface area contributed by atoms with Gasteiger partial charge in [-0.15, -0.1) is 0 Å². The average molecular weight is 374 g/mol. The molecular formula is C23H26N4O. The molecule has 2 aromatic carbocycles. The molecule has 3 rings (SSSR count). The number of imidazole rings is 1. The Morgan fingerprint density at radius 1 is 1.04 bits per heavy atom. The van der Waals surface area contributed by atoms with Crippen LogP contribution in [0.25, 0.3) is 0 Å². The second-order valence-electron chi connectivity index (χ2n) is 7.17. The van der Waals surface area contributed by atoms with Crippen LogP contribution in [0.15, 0.2) is 69.4 Å². The molecule has 5 heteroatoms. The first-order valence-corrected chi connectivity index (χ1v) is 9.44. The maximum absolute atomic E-state index is 12.6. The number of aromatic amines is 1. The molecule has 0 unspecified atom stereocenters. The lowest BCUT2D eigenvalue weighted by molar-refractivity contribution is 0.620. The smallest absolute Gasteiger partial charge is 0.308 e. The van der Waals surface area contributed by atoms with Crippen LogP contribution in [-0.2, 0) is 0 Å². The molecule has 0 aliphatic heterocycles. The maximum Gasteiger partial charge on any atom is 0.327 e. The van der Waals surface area contributed by atoms with Gasteiger partial charge in [0.05, 0.1) is 11.7 Å². The predicted octanol–water partition coefficient (Wildman–Crippen LogP) is 5.00. The Hall–Kier alpha value is -3.21. The summed E-state index contributed by atoms with van der Waals surface area (Å²) in [6, 6.07) is 17.8. The lowest BCUT2D eigenvalue weighted by Crippen LogP contribution is -2.21. The highest BCUT2D eigenvalue weighted by Crippen LogP contribution is 2.27. The van der Waals surface area contributed by atoms with E-state index < -0.39 is 0 Å². The third kappa shape index (κ3) is 3.74. The first-order chi connectivity index (χ1) is 13.4. The molecule has 144 valence electrons. The van der Waals surface area contributed by atoms with Gasteiger partial charge < -0.3 is 4.98 Å². The van der Waals surface area contributed by atoms with E-state index in [1.165, 1.54) is 0 Å². The highest BCUT2D eigenvalue weighted by atomic mass is 16.1. The monoisotopic (exact) mass is 374 g/mol. The fourth-order valence-corrected chi connectivity index (χ4v) is 3.42. The van der Waals surface area contributed by atoms with Crippen LogP contribution >= 0.6 is 0 Å². The molecule has 1 atom stereocenters. The van der Waals surface area contributed by atoms with Gasteiger partial charge in [0.25, 0.3) is 0 Å². The van der Waals surface area contributed by atoms with Crippen molar-refractivity contribution in [2.75, 3.05) is 0 Å². The molecule has 5 nitrogen and oxygen atoms in total. The summed E-state index contributed by atoms with van der Waals surface area (Å²) in [4.78, 5) is 24.5. The van der Waals surface area contributed by atoms with Crippen LogP contribution in [0.3, 0.4) is 0 Å². The fourth-order valence-electron chi connectivity index (χ4n) is 3.42. The van der Waals surface area contributed by atoms with Gasteiger partial charge >= 0.3 is 5.69 Å². The lowest BCUT2D eigenvalue weighted by Gasteiger charge is -2.16. The van der Waals surface area contributed by atoms with Crippen LogP contribution in [-0.4, -0.2) is 22.1 Å². The summed E-state index contributed by atoms with van der Waals surface area (Å²) >= 11 is 0. The molecule has 28 heavy (non-hydrogen) atoms. The van der Waals surface area contributed by atoms with Gasteiger partial charge in [-0.2, -0.15) is 0 Å². The molecule has 0 amide bonds. The summed E-state index contributed by atoms with van der Waals surface area (Å²) in [6.45, 7) is 11.8. The maximum atomic E-state index is 12.6. The zero-order chi connectivity index (χ0) is 20.3. The second kappa shape index (κ2) is 8.21. The first-order valence-electron chi connectivity index (χ1n) is 9.44. The molecular weight excluding hydrogens is 348 g/mol. The standard InChI is InChI=1S/C23H26N4O/c1-15(2)19-13-9-10-14-20(19)21(24-5)26-22-16(3)25-23(28)27(22)17(4)18-11-7-6-8-12-18/h6-15,17H,5H2,1-4H3,(H,25,28)/t17-/m1/s1. The number of hydrogen-bond donors (Lipinski definition) is 1.